The number of carbonyl (C=O) groups is 1. The standard InChI is InChI=1S/C28H22F3N5OS/c29-28(30,31)25-12-13-36(35-25)20-9-7-19(8-10-20)34-27(37)22(14-17-4-2-1-3-5-17)23-16-38-24-11-6-18(26(32)33)15-21(23)24/h1-13,15-16,22H,14H2,(H3,32,33)(H,34,37). The molecule has 4 N–H and O–H groups in total. The number of hydrogen-bond donors (Lipinski definition) is 3. The number of fused-ring (bicyclic) bond motifs is 1. The molecule has 10 heteroatoms. The van der Waals surface area contributed by atoms with Gasteiger partial charge in [0.05, 0.1) is 11.6 Å². The van der Waals surface area contributed by atoms with Gasteiger partial charge in [-0.2, -0.15) is 18.3 Å². The highest BCUT2D eigenvalue weighted by atomic mass is 32.1. The quantitative estimate of drug-likeness (QED) is 0.168. The first-order valence-electron chi connectivity index (χ1n) is 11.6. The molecule has 0 aliphatic rings. The van der Waals surface area contributed by atoms with Crippen LogP contribution in [0.3, 0.4) is 0 Å². The number of amides is 1. The predicted molar refractivity (Wildman–Crippen MR) is 143 cm³/mol. The topological polar surface area (TPSA) is 96.8 Å². The number of alkyl halides is 3. The van der Waals surface area contributed by atoms with Gasteiger partial charge in [-0.1, -0.05) is 30.3 Å². The summed E-state index contributed by atoms with van der Waals surface area (Å²) in [6.07, 6.45) is -2.83. The lowest BCUT2D eigenvalue weighted by Crippen LogP contribution is -2.23. The molecule has 1 amide bonds. The van der Waals surface area contributed by atoms with E-state index in [1.54, 1.807) is 30.3 Å². The number of amidine groups is 1. The number of anilines is 1. The molecule has 0 aliphatic heterocycles. The normalized spacial score (nSPS) is 12.4. The summed E-state index contributed by atoms with van der Waals surface area (Å²) in [6, 6.07) is 22.5. The Bertz CT molecular complexity index is 1610. The SMILES string of the molecule is N=C(N)c1ccc2scc(C(Cc3ccccc3)C(=O)Nc3ccc(-n4ccc(C(F)(F)F)n4)cc3)c2c1. The molecule has 0 saturated heterocycles. The van der Waals surface area contributed by atoms with Crippen LogP contribution >= 0.6 is 11.3 Å². The highest BCUT2D eigenvalue weighted by molar-refractivity contribution is 7.17. The number of thiophene rings is 1. The van der Waals surface area contributed by atoms with Crippen molar-refractivity contribution in [2.75, 3.05) is 5.32 Å². The zero-order chi connectivity index (χ0) is 26.9. The van der Waals surface area contributed by atoms with Gasteiger partial charge in [0.25, 0.3) is 0 Å². The lowest BCUT2D eigenvalue weighted by atomic mass is 9.90. The molecular weight excluding hydrogens is 511 g/mol. The molecule has 1 unspecified atom stereocenters. The third-order valence-corrected chi connectivity index (χ3v) is 7.15. The van der Waals surface area contributed by atoms with Crippen molar-refractivity contribution in [1.29, 1.82) is 5.41 Å². The van der Waals surface area contributed by atoms with E-state index >= 15 is 0 Å². The Hall–Kier alpha value is -4.44. The van der Waals surface area contributed by atoms with Crippen LogP contribution in [0.5, 0.6) is 0 Å². The third-order valence-electron chi connectivity index (χ3n) is 6.17. The summed E-state index contributed by atoms with van der Waals surface area (Å²) in [7, 11) is 0. The summed E-state index contributed by atoms with van der Waals surface area (Å²) in [5.41, 5.74) is 8.07. The first-order chi connectivity index (χ1) is 18.2. The van der Waals surface area contributed by atoms with Crippen LogP contribution in [0.2, 0.25) is 0 Å². The average Bonchev–Trinajstić information content (AvgIpc) is 3.56. The Kier molecular flexibility index (Phi) is 6.73. The Morgan fingerprint density at radius 1 is 1.05 bits per heavy atom. The molecule has 0 saturated carbocycles. The van der Waals surface area contributed by atoms with Gasteiger partial charge in [0.1, 0.15) is 5.84 Å². The van der Waals surface area contributed by atoms with Crippen molar-refractivity contribution in [3.8, 4) is 5.69 Å². The second-order valence-corrected chi connectivity index (χ2v) is 9.65. The zero-order valence-electron chi connectivity index (χ0n) is 19.9. The molecule has 38 heavy (non-hydrogen) atoms. The van der Waals surface area contributed by atoms with Crippen molar-refractivity contribution in [1.82, 2.24) is 9.78 Å². The van der Waals surface area contributed by atoms with Crippen LogP contribution in [0.4, 0.5) is 18.9 Å². The van der Waals surface area contributed by atoms with E-state index in [9.17, 15) is 18.0 Å². The monoisotopic (exact) mass is 533 g/mol. The van der Waals surface area contributed by atoms with Crippen LogP contribution in [0.1, 0.15) is 28.3 Å². The van der Waals surface area contributed by atoms with Crippen LogP contribution in [-0.4, -0.2) is 21.5 Å². The number of nitrogens with two attached hydrogens (primary N) is 1. The Morgan fingerprint density at radius 3 is 2.45 bits per heavy atom. The lowest BCUT2D eigenvalue weighted by molar-refractivity contribution is -0.141. The van der Waals surface area contributed by atoms with Gasteiger partial charge >= 0.3 is 6.18 Å². The fraction of sp³-hybridized carbons (Fsp3) is 0.107. The predicted octanol–water partition coefficient (Wildman–Crippen LogP) is 6.35. The summed E-state index contributed by atoms with van der Waals surface area (Å²) >= 11 is 1.52. The van der Waals surface area contributed by atoms with Gasteiger partial charge in [0.2, 0.25) is 5.91 Å². The van der Waals surface area contributed by atoms with E-state index < -0.39 is 17.8 Å². The van der Waals surface area contributed by atoms with Gasteiger partial charge < -0.3 is 11.1 Å². The van der Waals surface area contributed by atoms with Gasteiger partial charge in [0.15, 0.2) is 5.69 Å². The van der Waals surface area contributed by atoms with Crippen molar-refractivity contribution < 1.29 is 18.0 Å². The number of rotatable bonds is 7. The minimum atomic E-state index is -4.52. The zero-order valence-corrected chi connectivity index (χ0v) is 20.7. The summed E-state index contributed by atoms with van der Waals surface area (Å²) in [6.45, 7) is 0. The Labute approximate surface area is 220 Å². The van der Waals surface area contributed by atoms with E-state index in [4.69, 9.17) is 11.1 Å². The number of aromatic nitrogens is 2. The molecule has 0 spiro atoms. The van der Waals surface area contributed by atoms with E-state index in [2.05, 4.69) is 10.4 Å². The molecule has 2 aromatic heterocycles. The van der Waals surface area contributed by atoms with Gasteiger partial charge in [-0.15, -0.1) is 11.3 Å². The summed E-state index contributed by atoms with van der Waals surface area (Å²) in [4.78, 5) is 13.6. The molecule has 6 nitrogen and oxygen atoms in total. The van der Waals surface area contributed by atoms with E-state index in [0.29, 0.717) is 23.4 Å². The number of nitrogen functional groups attached to an aromatic ring is 1. The van der Waals surface area contributed by atoms with Crippen LogP contribution in [0, 0.1) is 5.41 Å². The summed E-state index contributed by atoms with van der Waals surface area (Å²) in [5, 5.41) is 17.2. The van der Waals surface area contributed by atoms with Crippen molar-refractivity contribution in [2.45, 2.75) is 18.5 Å². The summed E-state index contributed by atoms with van der Waals surface area (Å²) in [5.74, 6) is -0.811. The second-order valence-electron chi connectivity index (χ2n) is 8.74. The third kappa shape index (κ3) is 5.30. The van der Waals surface area contributed by atoms with Gasteiger partial charge in [-0.05, 0) is 76.8 Å². The molecule has 0 bridgehead atoms. The van der Waals surface area contributed by atoms with Gasteiger partial charge in [-0.25, -0.2) is 4.68 Å². The highest BCUT2D eigenvalue weighted by Crippen LogP contribution is 2.35. The van der Waals surface area contributed by atoms with Gasteiger partial charge in [0, 0.05) is 22.1 Å². The Morgan fingerprint density at radius 2 is 1.79 bits per heavy atom. The number of halogens is 3. The van der Waals surface area contributed by atoms with Crippen molar-refractivity contribution in [2.24, 2.45) is 5.73 Å². The fourth-order valence-corrected chi connectivity index (χ4v) is 5.22. The first-order valence-corrected chi connectivity index (χ1v) is 12.5. The molecule has 5 aromatic rings. The maximum absolute atomic E-state index is 13.6. The molecule has 0 radical (unpaired) electrons. The largest absolute Gasteiger partial charge is 0.435 e. The molecule has 0 aliphatic carbocycles. The minimum Gasteiger partial charge on any atom is -0.384 e. The molecule has 3 aromatic carbocycles. The smallest absolute Gasteiger partial charge is 0.384 e. The summed E-state index contributed by atoms with van der Waals surface area (Å²) < 4.78 is 40.8. The molecule has 192 valence electrons. The van der Waals surface area contributed by atoms with Crippen molar-refractivity contribution >= 4 is 38.9 Å². The maximum Gasteiger partial charge on any atom is 0.435 e. The van der Waals surface area contributed by atoms with E-state index in [-0.39, 0.29) is 11.7 Å². The van der Waals surface area contributed by atoms with Gasteiger partial charge in [-0.3, -0.25) is 10.2 Å². The fourth-order valence-electron chi connectivity index (χ4n) is 4.23. The highest BCUT2D eigenvalue weighted by Gasteiger charge is 2.33. The minimum absolute atomic E-state index is 0.0484. The molecule has 2 heterocycles. The lowest BCUT2D eigenvalue weighted by Gasteiger charge is -2.18. The van der Waals surface area contributed by atoms with Crippen LogP contribution < -0.4 is 11.1 Å². The van der Waals surface area contributed by atoms with Crippen LogP contribution in [-0.2, 0) is 17.4 Å². The Balaban J connectivity index is 1.43. The number of carbonyl (C=O) groups excluding carboxylic acids is 1. The van der Waals surface area contributed by atoms with E-state index in [1.807, 2.05) is 47.8 Å². The number of nitrogens with zero attached hydrogens (tertiary/aromatic N) is 2. The van der Waals surface area contributed by atoms with Crippen LogP contribution in [0.25, 0.3) is 15.8 Å². The maximum atomic E-state index is 13.6. The molecular formula is C28H22F3N5OS. The van der Waals surface area contributed by atoms with E-state index in [0.717, 1.165) is 32.0 Å². The average molecular weight is 534 g/mol. The molecule has 5 rings (SSSR count). The van der Waals surface area contributed by atoms with Crippen molar-refractivity contribution in [3.63, 3.8) is 0 Å². The number of benzene rings is 3. The molecule has 0 fully saturated rings. The number of hydrogen-bond acceptors (Lipinski definition) is 4. The van der Waals surface area contributed by atoms with Crippen LogP contribution in [0.15, 0.2) is 90.4 Å². The molecule has 1 atom stereocenters. The second kappa shape index (κ2) is 10.1. The van der Waals surface area contributed by atoms with Crippen molar-refractivity contribution in [3.05, 3.63) is 113 Å². The van der Waals surface area contributed by atoms with E-state index in [1.165, 1.54) is 17.5 Å². The number of nitrogens with one attached hydrogen (secondary N) is 2. The first kappa shape index (κ1) is 25.2.